The Labute approximate surface area is 123 Å². The number of methoxy groups -OCH3 is 1. The molecule has 0 aromatic heterocycles. The van der Waals surface area contributed by atoms with Crippen molar-refractivity contribution >= 4 is 5.84 Å². The molecular weight excluding hydrogens is 268 g/mol. The van der Waals surface area contributed by atoms with Crippen LogP contribution >= 0.6 is 0 Å². The van der Waals surface area contributed by atoms with Crippen molar-refractivity contribution in [2.24, 2.45) is 10.9 Å². The average molecular weight is 286 g/mol. The quantitative estimate of drug-likeness (QED) is 0.383. The Bertz CT molecular complexity index is 636. The maximum absolute atomic E-state index is 8.76. The zero-order chi connectivity index (χ0) is 15.2. The zero-order valence-electron chi connectivity index (χ0n) is 12.0. The maximum Gasteiger partial charge on any atom is 0.170 e. The maximum atomic E-state index is 8.76. The number of aryl methyl sites for hydroxylation is 1. The SMILES string of the molecule is COc1cc(OCc2ccc(C)cc2)cc(/C(N)=N/O)c1. The lowest BCUT2D eigenvalue weighted by Gasteiger charge is -2.10. The van der Waals surface area contributed by atoms with Crippen LogP contribution in [0.4, 0.5) is 0 Å². The molecular formula is C16H18N2O3. The van der Waals surface area contributed by atoms with Gasteiger partial charge in [0.2, 0.25) is 0 Å². The number of benzene rings is 2. The molecule has 0 aliphatic carbocycles. The van der Waals surface area contributed by atoms with Gasteiger partial charge in [0.1, 0.15) is 18.1 Å². The molecule has 0 aliphatic heterocycles. The van der Waals surface area contributed by atoms with Crippen molar-refractivity contribution in [1.29, 1.82) is 0 Å². The molecule has 0 saturated carbocycles. The van der Waals surface area contributed by atoms with Gasteiger partial charge < -0.3 is 20.4 Å². The Balaban J connectivity index is 2.17. The lowest BCUT2D eigenvalue weighted by molar-refractivity contribution is 0.303. The Morgan fingerprint density at radius 3 is 2.43 bits per heavy atom. The molecule has 0 aliphatic rings. The van der Waals surface area contributed by atoms with Crippen molar-refractivity contribution in [2.75, 3.05) is 7.11 Å². The number of oxime groups is 1. The number of nitrogens with zero attached hydrogens (tertiary/aromatic N) is 1. The number of ether oxygens (including phenoxy) is 2. The van der Waals surface area contributed by atoms with Crippen molar-refractivity contribution in [3.63, 3.8) is 0 Å². The number of rotatable bonds is 5. The second kappa shape index (κ2) is 6.65. The molecule has 2 aromatic carbocycles. The molecule has 0 fully saturated rings. The number of amidine groups is 1. The van der Waals surface area contributed by atoms with Crippen LogP contribution < -0.4 is 15.2 Å². The summed E-state index contributed by atoms with van der Waals surface area (Å²) in [5.41, 5.74) is 8.40. The number of hydrogen-bond donors (Lipinski definition) is 2. The minimum Gasteiger partial charge on any atom is -0.497 e. The predicted molar refractivity (Wildman–Crippen MR) is 81.0 cm³/mol. The van der Waals surface area contributed by atoms with Crippen molar-refractivity contribution in [3.8, 4) is 11.5 Å². The summed E-state index contributed by atoms with van der Waals surface area (Å²) in [7, 11) is 1.55. The highest BCUT2D eigenvalue weighted by Crippen LogP contribution is 2.23. The Hall–Kier alpha value is -2.69. The molecule has 0 unspecified atom stereocenters. The second-order valence-corrected chi connectivity index (χ2v) is 4.66. The third kappa shape index (κ3) is 3.89. The van der Waals surface area contributed by atoms with E-state index in [1.807, 2.05) is 31.2 Å². The summed E-state index contributed by atoms with van der Waals surface area (Å²) in [5.74, 6) is 1.18. The standard InChI is InChI=1S/C16H18N2O3/c1-11-3-5-12(6-4-11)10-21-15-8-13(16(17)18-19)7-14(9-15)20-2/h3-9,19H,10H2,1-2H3,(H2,17,18). The van der Waals surface area contributed by atoms with Gasteiger partial charge in [-0.05, 0) is 24.6 Å². The van der Waals surface area contributed by atoms with Gasteiger partial charge in [-0.15, -0.1) is 0 Å². The Morgan fingerprint density at radius 2 is 1.81 bits per heavy atom. The first-order chi connectivity index (χ1) is 10.1. The van der Waals surface area contributed by atoms with Gasteiger partial charge in [0, 0.05) is 11.6 Å². The van der Waals surface area contributed by atoms with E-state index in [1.54, 1.807) is 25.3 Å². The van der Waals surface area contributed by atoms with Crippen molar-refractivity contribution in [1.82, 2.24) is 0 Å². The summed E-state index contributed by atoms with van der Waals surface area (Å²) in [6, 6.07) is 13.2. The van der Waals surface area contributed by atoms with E-state index < -0.39 is 0 Å². The highest BCUT2D eigenvalue weighted by atomic mass is 16.5. The van der Waals surface area contributed by atoms with Crippen molar-refractivity contribution in [3.05, 3.63) is 59.2 Å². The normalized spacial score (nSPS) is 11.2. The van der Waals surface area contributed by atoms with Gasteiger partial charge in [-0.3, -0.25) is 0 Å². The monoisotopic (exact) mass is 286 g/mol. The summed E-state index contributed by atoms with van der Waals surface area (Å²) >= 11 is 0. The molecule has 2 rings (SSSR count). The molecule has 110 valence electrons. The summed E-state index contributed by atoms with van der Waals surface area (Å²) in [6.45, 7) is 2.47. The lowest BCUT2D eigenvalue weighted by Crippen LogP contribution is -2.13. The van der Waals surface area contributed by atoms with E-state index >= 15 is 0 Å². The molecule has 0 atom stereocenters. The first kappa shape index (κ1) is 14.7. The summed E-state index contributed by atoms with van der Waals surface area (Å²) < 4.78 is 10.9. The number of hydrogen-bond acceptors (Lipinski definition) is 4. The van der Waals surface area contributed by atoms with E-state index in [-0.39, 0.29) is 5.84 Å². The molecule has 5 heteroatoms. The summed E-state index contributed by atoms with van der Waals surface area (Å²) in [4.78, 5) is 0. The smallest absolute Gasteiger partial charge is 0.170 e. The molecule has 21 heavy (non-hydrogen) atoms. The molecule has 0 saturated heterocycles. The van der Waals surface area contributed by atoms with Crippen LogP contribution in [0.15, 0.2) is 47.6 Å². The number of nitrogens with two attached hydrogens (primary N) is 1. The van der Waals surface area contributed by atoms with Crippen LogP contribution in [0.25, 0.3) is 0 Å². The van der Waals surface area contributed by atoms with Crippen LogP contribution in [0.5, 0.6) is 11.5 Å². The van der Waals surface area contributed by atoms with E-state index in [4.69, 9.17) is 20.4 Å². The van der Waals surface area contributed by atoms with E-state index in [2.05, 4.69) is 5.16 Å². The van der Waals surface area contributed by atoms with E-state index in [0.29, 0.717) is 23.7 Å². The zero-order valence-corrected chi connectivity index (χ0v) is 12.0. The molecule has 0 heterocycles. The van der Waals surface area contributed by atoms with Gasteiger partial charge >= 0.3 is 0 Å². The van der Waals surface area contributed by atoms with Crippen LogP contribution in [0.1, 0.15) is 16.7 Å². The van der Waals surface area contributed by atoms with E-state index in [1.165, 1.54) is 5.56 Å². The second-order valence-electron chi connectivity index (χ2n) is 4.66. The molecule has 0 bridgehead atoms. The molecule has 5 nitrogen and oxygen atoms in total. The fraction of sp³-hybridized carbons (Fsp3) is 0.188. The fourth-order valence-electron chi connectivity index (χ4n) is 1.83. The van der Waals surface area contributed by atoms with Crippen molar-refractivity contribution < 1.29 is 14.7 Å². The van der Waals surface area contributed by atoms with Gasteiger partial charge in [-0.2, -0.15) is 0 Å². The molecule has 2 aromatic rings. The van der Waals surface area contributed by atoms with Gasteiger partial charge in [-0.1, -0.05) is 35.0 Å². The van der Waals surface area contributed by atoms with Gasteiger partial charge in [-0.25, -0.2) is 0 Å². The third-order valence-corrected chi connectivity index (χ3v) is 3.05. The van der Waals surface area contributed by atoms with Crippen LogP contribution in [-0.2, 0) is 6.61 Å². The summed E-state index contributed by atoms with van der Waals surface area (Å²) in [5, 5.41) is 11.7. The third-order valence-electron chi connectivity index (χ3n) is 3.05. The van der Waals surface area contributed by atoms with Crippen LogP contribution in [0.3, 0.4) is 0 Å². The minimum atomic E-state index is 0.00841. The largest absolute Gasteiger partial charge is 0.497 e. The highest BCUT2D eigenvalue weighted by Gasteiger charge is 2.06. The lowest BCUT2D eigenvalue weighted by atomic mass is 10.1. The molecule has 0 amide bonds. The van der Waals surface area contributed by atoms with Crippen molar-refractivity contribution in [2.45, 2.75) is 13.5 Å². The Morgan fingerprint density at radius 1 is 1.14 bits per heavy atom. The van der Waals surface area contributed by atoms with Crippen LogP contribution in [0.2, 0.25) is 0 Å². The first-order valence-corrected chi connectivity index (χ1v) is 6.47. The van der Waals surface area contributed by atoms with Crippen LogP contribution in [0, 0.1) is 6.92 Å². The topological polar surface area (TPSA) is 77.1 Å². The van der Waals surface area contributed by atoms with Gasteiger partial charge in [0.15, 0.2) is 5.84 Å². The first-order valence-electron chi connectivity index (χ1n) is 6.47. The Kier molecular flexibility index (Phi) is 4.66. The predicted octanol–water partition coefficient (Wildman–Crippen LogP) is 2.68. The fourth-order valence-corrected chi connectivity index (χ4v) is 1.83. The van der Waals surface area contributed by atoms with Gasteiger partial charge in [0.25, 0.3) is 0 Å². The molecule has 0 radical (unpaired) electrons. The van der Waals surface area contributed by atoms with Gasteiger partial charge in [0.05, 0.1) is 7.11 Å². The highest BCUT2D eigenvalue weighted by molar-refractivity contribution is 5.97. The summed E-state index contributed by atoms with van der Waals surface area (Å²) in [6.07, 6.45) is 0. The van der Waals surface area contributed by atoms with Crippen LogP contribution in [-0.4, -0.2) is 18.2 Å². The van der Waals surface area contributed by atoms with E-state index in [0.717, 1.165) is 5.56 Å². The van der Waals surface area contributed by atoms with E-state index in [9.17, 15) is 0 Å². The molecule has 3 N–H and O–H groups in total. The molecule has 0 spiro atoms. The average Bonchev–Trinajstić information content (AvgIpc) is 2.53. The minimum absolute atomic E-state index is 0.00841.